The minimum Gasteiger partial charge on any atom is -0.475 e. The van der Waals surface area contributed by atoms with E-state index in [0.717, 1.165) is 16.3 Å². The molecule has 0 aliphatic rings. The molecule has 0 amide bonds. The largest absolute Gasteiger partial charge is 0.475 e. The molecular weight excluding hydrogens is 268 g/mol. The maximum absolute atomic E-state index is 10.8. The quantitative estimate of drug-likeness (QED) is 0.769. The summed E-state index contributed by atoms with van der Waals surface area (Å²) in [6, 6.07) is 16.7. The molecule has 3 rings (SSSR count). The van der Waals surface area contributed by atoms with Crippen LogP contribution in [0.4, 0.5) is 0 Å². The Morgan fingerprint density at radius 3 is 2.57 bits per heavy atom. The molecule has 3 aromatic rings. The van der Waals surface area contributed by atoms with E-state index < -0.39 is 12.1 Å². The minimum atomic E-state index is -1.14. The zero-order valence-electron chi connectivity index (χ0n) is 11.2. The molecule has 0 fully saturated rings. The van der Waals surface area contributed by atoms with Crippen LogP contribution in [0.1, 0.15) is 28.0 Å². The molecule has 4 heteroatoms. The fraction of sp³-hybridized carbons (Fsp3) is 0.118. The van der Waals surface area contributed by atoms with Gasteiger partial charge in [0.15, 0.2) is 0 Å². The number of carboxylic acid groups (broad SMARTS) is 1. The first kappa shape index (κ1) is 13.4. The topological polar surface area (TPSA) is 70.7 Å². The zero-order chi connectivity index (χ0) is 14.8. The summed E-state index contributed by atoms with van der Waals surface area (Å²) < 4.78 is 5.14. The normalized spacial score (nSPS) is 12.4. The van der Waals surface area contributed by atoms with Crippen LogP contribution in [-0.2, 0) is 6.42 Å². The summed E-state index contributed by atoms with van der Waals surface area (Å²) >= 11 is 0. The van der Waals surface area contributed by atoms with Crippen LogP contribution >= 0.6 is 0 Å². The van der Waals surface area contributed by atoms with Crippen LogP contribution < -0.4 is 0 Å². The molecule has 0 radical (unpaired) electrons. The molecule has 4 nitrogen and oxygen atoms in total. The number of aliphatic hydroxyl groups excluding tert-OH is 1. The van der Waals surface area contributed by atoms with Crippen LogP contribution in [0.5, 0.6) is 0 Å². The van der Waals surface area contributed by atoms with Gasteiger partial charge in [0.05, 0.1) is 0 Å². The predicted molar refractivity (Wildman–Crippen MR) is 78.3 cm³/mol. The molecule has 2 aromatic carbocycles. The lowest BCUT2D eigenvalue weighted by atomic mass is 9.99. The van der Waals surface area contributed by atoms with Crippen LogP contribution in [0.3, 0.4) is 0 Å². The van der Waals surface area contributed by atoms with Crippen molar-refractivity contribution >= 4 is 16.7 Å². The van der Waals surface area contributed by atoms with E-state index in [-0.39, 0.29) is 11.5 Å². The van der Waals surface area contributed by atoms with E-state index in [2.05, 4.69) is 0 Å². The highest BCUT2D eigenvalue weighted by molar-refractivity contribution is 5.86. The van der Waals surface area contributed by atoms with Gasteiger partial charge in [-0.15, -0.1) is 0 Å². The standard InChI is InChI=1S/C17H14O4/c18-14(15-8-9-16(21-15)17(19)20)10-12-6-3-5-11-4-1-2-7-13(11)12/h1-9,14,18H,10H2,(H,19,20). The number of aromatic carboxylic acids is 1. The zero-order valence-corrected chi connectivity index (χ0v) is 11.2. The molecule has 1 heterocycles. The fourth-order valence-electron chi connectivity index (χ4n) is 2.43. The number of hydrogen-bond acceptors (Lipinski definition) is 3. The summed E-state index contributed by atoms with van der Waals surface area (Å²) in [7, 11) is 0. The van der Waals surface area contributed by atoms with Gasteiger partial charge in [0.2, 0.25) is 5.76 Å². The van der Waals surface area contributed by atoms with Gasteiger partial charge in [0.1, 0.15) is 11.9 Å². The number of benzene rings is 2. The average Bonchev–Trinajstić information content (AvgIpc) is 2.98. The molecule has 1 atom stereocenters. The van der Waals surface area contributed by atoms with Crippen molar-refractivity contribution in [1.82, 2.24) is 0 Å². The maximum atomic E-state index is 10.8. The molecule has 1 aromatic heterocycles. The lowest BCUT2D eigenvalue weighted by Gasteiger charge is -2.10. The second kappa shape index (κ2) is 5.42. The Hall–Kier alpha value is -2.59. The van der Waals surface area contributed by atoms with E-state index in [1.54, 1.807) is 0 Å². The van der Waals surface area contributed by atoms with E-state index in [4.69, 9.17) is 9.52 Å². The maximum Gasteiger partial charge on any atom is 0.371 e. The Labute approximate surface area is 121 Å². The monoisotopic (exact) mass is 282 g/mol. The molecule has 21 heavy (non-hydrogen) atoms. The van der Waals surface area contributed by atoms with Crippen molar-refractivity contribution in [3.8, 4) is 0 Å². The van der Waals surface area contributed by atoms with Crippen LogP contribution in [0, 0.1) is 0 Å². The summed E-state index contributed by atoms with van der Waals surface area (Å²) in [5.41, 5.74) is 0.994. The molecule has 0 aliphatic heterocycles. The van der Waals surface area contributed by atoms with Crippen LogP contribution in [-0.4, -0.2) is 16.2 Å². The van der Waals surface area contributed by atoms with Crippen molar-refractivity contribution in [2.24, 2.45) is 0 Å². The van der Waals surface area contributed by atoms with Gasteiger partial charge >= 0.3 is 5.97 Å². The molecule has 0 saturated carbocycles. The Morgan fingerprint density at radius 1 is 1.05 bits per heavy atom. The number of aliphatic hydroxyl groups is 1. The number of fused-ring (bicyclic) bond motifs is 1. The molecule has 2 N–H and O–H groups in total. The fourth-order valence-corrected chi connectivity index (χ4v) is 2.43. The van der Waals surface area contributed by atoms with Gasteiger partial charge in [0.25, 0.3) is 0 Å². The van der Waals surface area contributed by atoms with Crippen molar-refractivity contribution < 1.29 is 19.4 Å². The van der Waals surface area contributed by atoms with E-state index in [1.165, 1.54) is 12.1 Å². The summed E-state index contributed by atoms with van der Waals surface area (Å²) in [5, 5.41) is 21.3. The molecule has 0 aliphatic carbocycles. The Kier molecular flexibility index (Phi) is 3.46. The van der Waals surface area contributed by atoms with Crippen LogP contribution in [0.2, 0.25) is 0 Å². The Bertz CT molecular complexity index is 783. The summed E-state index contributed by atoms with van der Waals surface area (Å²) in [6.07, 6.45) is -0.502. The van der Waals surface area contributed by atoms with Crippen LogP contribution in [0.15, 0.2) is 59.0 Å². The Balaban J connectivity index is 1.89. The first-order valence-corrected chi connectivity index (χ1v) is 6.63. The number of carboxylic acids is 1. The lowest BCUT2D eigenvalue weighted by molar-refractivity contribution is 0.0651. The van der Waals surface area contributed by atoms with Crippen molar-refractivity contribution in [3.05, 3.63) is 71.7 Å². The third-order valence-electron chi connectivity index (χ3n) is 3.46. The number of carbonyl (C=O) groups is 1. The Morgan fingerprint density at radius 2 is 1.81 bits per heavy atom. The van der Waals surface area contributed by atoms with Gasteiger partial charge in [-0.1, -0.05) is 42.5 Å². The van der Waals surface area contributed by atoms with Crippen molar-refractivity contribution in [2.75, 3.05) is 0 Å². The van der Waals surface area contributed by atoms with E-state index in [9.17, 15) is 9.90 Å². The summed E-state index contributed by atoms with van der Waals surface area (Å²) in [5.74, 6) is -1.04. The van der Waals surface area contributed by atoms with Gasteiger partial charge in [-0.3, -0.25) is 0 Å². The smallest absolute Gasteiger partial charge is 0.371 e. The third kappa shape index (κ3) is 2.66. The van der Waals surface area contributed by atoms with E-state index >= 15 is 0 Å². The first-order valence-electron chi connectivity index (χ1n) is 6.63. The van der Waals surface area contributed by atoms with Crippen molar-refractivity contribution in [1.29, 1.82) is 0 Å². The molecule has 0 bridgehead atoms. The second-order valence-corrected chi connectivity index (χ2v) is 4.87. The molecule has 0 spiro atoms. The molecule has 106 valence electrons. The number of rotatable bonds is 4. The predicted octanol–water partition coefficient (Wildman–Crippen LogP) is 3.41. The second-order valence-electron chi connectivity index (χ2n) is 4.87. The number of hydrogen-bond donors (Lipinski definition) is 2. The third-order valence-corrected chi connectivity index (χ3v) is 3.46. The SMILES string of the molecule is O=C(O)c1ccc(C(O)Cc2cccc3ccccc23)o1. The van der Waals surface area contributed by atoms with Gasteiger partial charge in [0, 0.05) is 6.42 Å². The van der Waals surface area contributed by atoms with E-state index in [0.29, 0.717) is 6.42 Å². The van der Waals surface area contributed by atoms with Gasteiger partial charge in [-0.2, -0.15) is 0 Å². The molecular formula is C17H14O4. The van der Waals surface area contributed by atoms with Gasteiger partial charge in [-0.05, 0) is 28.5 Å². The van der Waals surface area contributed by atoms with E-state index in [1.807, 2.05) is 42.5 Å². The van der Waals surface area contributed by atoms with Gasteiger partial charge in [-0.25, -0.2) is 4.79 Å². The highest BCUT2D eigenvalue weighted by Crippen LogP contribution is 2.25. The molecule has 1 unspecified atom stereocenters. The highest BCUT2D eigenvalue weighted by Gasteiger charge is 2.17. The van der Waals surface area contributed by atoms with Crippen LogP contribution in [0.25, 0.3) is 10.8 Å². The highest BCUT2D eigenvalue weighted by atomic mass is 16.4. The van der Waals surface area contributed by atoms with Crippen molar-refractivity contribution in [2.45, 2.75) is 12.5 Å². The minimum absolute atomic E-state index is 0.165. The average molecular weight is 282 g/mol. The van der Waals surface area contributed by atoms with Crippen molar-refractivity contribution in [3.63, 3.8) is 0 Å². The summed E-state index contributed by atoms with van der Waals surface area (Å²) in [4.78, 5) is 10.8. The molecule has 0 saturated heterocycles. The van der Waals surface area contributed by atoms with Gasteiger partial charge < -0.3 is 14.6 Å². The number of furan rings is 1. The summed E-state index contributed by atoms with van der Waals surface area (Å²) in [6.45, 7) is 0. The first-order chi connectivity index (χ1) is 10.1. The lowest BCUT2D eigenvalue weighted by Crippen LogP contribution is -2.01.